The zero-order valence-electron chi connectivity index (χ0n) is 13.7. The number of hydrogen-bond acceptors (Lipinski definition) is 4. The van der Waals surface area contributed by atoms with Gasteiger partial charge < -0.3 is 10.2 Å². The second-order valence-electron chi connectivity index (χ2n) is 6.80. The minimum Gasteiger partial charge on any atom is -0.350 e. The summed E-state index contributed by atoms with van der Waals surface area (Å²) in [5.74, 6) is 0.381. The maximum Gasteiger partial charge on any atom is 0.240 e. The molecular formula is C18H23N3O2S. The first kappa shape index (κ1) is 16.0. The average Bonchev–Trinajstić information content (AvgIpc) is 3.01. The molecule has 1 N–H and O–H groups in total. The number of rotatable bonds is 3. The average molecular weight is 345 g/mol. The molecule has 0 spiro atoms. The monoisotopic (exact) mass is 345 g/mol. The number of amides is 2. The third-order valence-electron chi connectivity index (χ3n) is 5.31. The molecule has 2 amide bonds. The highest BCUT2D eigenvalue weighted by atomic mass is 32.2. The smallest absolute Gasteiger partial charge is 0.240 e. The number of nitrogens with zero attached hydrogens (tertiary/aromatic N) is 2. The number of fused-ring (bicyclic) bond motifs is 2. The van der Waals surface area contributed by atoms with E-state index in [4.69, 9.17) is 0 Å². The largest absolute Gasteiger partial charge is 0.350 e. The van der Waals surface area contributed by atoms with Crippen molar-refractivity contribution in [2.75, 3.05) is 30.3 Å². The lowest BCUT2D eigenvalue weighted by Crippen LogP contribution is -2.50. The van der Waals surface area contributed by atoms with Gasteiger partial charge in [0.1, 0.15) is 6.54 Å². The molecule has 1 aromatic rings. The van der Waals surface area contributed by atoms with Gasteiger partial charge in [0.15, 0.2) is 0 Å². The molecule has 0 saturated carbocycles. The van der Waals surface area contributed by atoms with Crippen LogP contribution in [0.15, 0.2) is 29.2 Å². The maximum absolute atomic E-state index is 12.6. The molecule has 0 bridgehead atoms. The first-order valence-corrected chi connectivity index (χ1v) is 9.76. The summed E-state index contributed by atoms with van der Waals surface area (Å²) in [6, 6.07) is 8.54. The van der Waals surface area contributed by atoms with Crippen molar-refractivity contribution in [1.82, 2.24) is 10.2 Å². The molecule has 2 atom stereocenters. The lowest BCUT2D eigenvalue weighted by atomic mass is 9.99. The van der Waals surface area contributed by atoms with Crippen molar-refractivity contribution >= 4 is 29.3 Å². The van der Waals surface area contributed by atoms with Crippen molar-refractivity contribution in [3.05, 3.63) is 24.3 Å². The molecule has 5 nitrogen and oxygen atoms in total. The van der Waals surface area contributed by atoms with Crippen molar-refractivity contribution in [2.45, 2.75) is 42.7 Å². The van der Waals surface area contributed by atoms with Crippen LogP contribution in [0.2, 0.25) is 0 Å². The molecule has 3 aliphatic rings. The second kappa shape index (κ2) is 6.76. The molecular weight excluding hydrogens is 322 g/mol. The molecule has 2 fully saturated rings. The van der Waals surface area contributed by atoms with Crippen LogP contribution in [-0.2, 0) is 9.59 Å². The molecule has 0 unspecified atom stereocenters. The van der Waals surface area contributed by atoms with Crippen molar-refractivity contribution in [3.63, 3.8) is 0 Å². The number of piperidine rings is 1. The van der Waals surface area contributed by atoms with Crippen LogP contribution in [0.1, 0.15) is 25.7 Å². The van der Waals surface area contributed by atoms with Gasteiger partial charge in [0.05, 0.1) is 11.4 Å². The molecule has 2 saturated heterocycles. The fraction of sp³-hybridized carbons (Fsp3) is 0.556. The Labute approximate surface area is 146 Å². The van der Waals surface area contributed by atoms with Gasteiger partial charge >= 0.3 is 0 Å². The lowest BCUT2D eigenvalue weighted by molar-refractivity contribution is -0.123. The van der Waals surface area contributed by atoms with Crippen LogP contribution in [0.4, 0.5) is 5.69 Å². The predicted molar refractivity (Wildman–Crippen MR) is 95.3 cm³/mol. The molecule has 128 valence electrons. The van der Waals surface area contributed by atoms with Gasteiger partial charge in [-0.3, -0.25) is 14.5 Å². The van der Waals surface area contributed by atoms with E-state index in [-0.39, 0.29) is 24.4 Å². The molecule has 3 aliphatic heterocycles. The summed E-state index contributed by atoms with van der Waals surface area (Å²) >= 11 is 1.55. The Hall–Kier alpha value is -1.53. The maximum atomic E-state index is 12.6. The van der Waals surface area contributed by atoms with Gasteiger partial charge in [-0.2, -0.15) is 0 Å². The standard InChI is InChI=1S/C18H23N3O2S/c22-17(19-13-8-10-20-9-4-3-5-14(13)20)11-21-15-6-1-2-7-16(15)24-12-18(21)23/h1-2,6-7,13-14H,3-5,8-12H2,(H,19,22)/t13-,14-/m1/s1. The van der Waals surface area contributed by atoms with Gasteiger partial charge in [0.2, 0.25) is 11.8 Å². The highest BCUT2D eigenvalue weighted by Crippen LogP contribution is 2.34. The molecule has 0 aromatic heterocycles. The normalized spacial score (nSPS) is 26.8. The predicted octanol–water partition coefficient (Wildman–Crippen LogP) is 1.87. The summed E-state index contributed by atoms with van der Waals surface area (Å²) in [4.78, 5) is 30.1. The van der Waals surface area contributed by atoms with Gasteiger partial charge in [-0.05, 0) is 37.9 Å². The first-order valence-electron chi connectivity index (χ1n) is 8.78. The van der Waals surface area contributed by atoms with Gasteiger partial charge in [-0.1, -0.05) is 18.6 Å². The van der Waals surface area contributed by atoms with E-state index in [1.165, 1.54) is 19.3 Å². The number of carbonyl (C=O) groups excluding carboxylic acids is 2. The van der Waals surface area contributed by atoms with Crippen molar-refractivity contribution in [2.24, 2.45) is 0 Å². The van der Waals surface area contributed by atoms with Crippen LogP contribution in [0, 0.1) is 0 Å². The Morgan fingerprint density at radius 1 is 1.21 bits per heavy atom. The molecule has 0 aliphatic carbocycles. The minimum atomic E-state index is -0.0394. The minimum absolute atomic E-state index is 0.0135. The molecule has 0 radical (unpaired) electrons. The van der Waals surface area contributed by atoms with Crippen LogP contribution < -0.4 is 10.2 Å². The lowest BCUT2D eigenvalue weighted by Gasteiger charge is -2.33. The molecule has 1 aromatic carbocycles. The molecule has 4 rings (SSSR count). The van der Waals surface area contributed by atoms with E-state index in [0.717, 1.165) is 30.1 Å². The van der Waals surface area contributed by atoms with E-state index in [2.05, 4.69) is 10.2 Å². The van der Waals surface area contributed by atoms with Crippen LogP contribution in [0.25, 0.3) is 0 Å². The fourth-order valence-electron chi connectivity index (χ4n) is 4.14. The number of para-hydroxylation sites is 1. The molecule has 6 heteroatoms. The zero-order valence-corrected chi connectivity index (χ0v) is 14.6. The first-order chi connectivity index (χ1) is 11.7. The molecule has 24 heavy (non-hydrogen) atoms. The van der Waals surface area contributed by atoms with E-state index in [0.29, 0.717) is 11.8 Å². The Morgan fingerprint density at radius 2 is 2.08 bits per heavy atom. The summed E-state index contributed by atoms with van der Waals surface area (Å²) in [5, 5.41) is 3.20. The van der Waals surface area contributed by atoms with Gasteiger partial charge in [-0.25, -0.2) is 0 Å². The summed E-state index contributed by atoms with van der Waals surface area (Å²) in [5.41, 5.74) is 0.861. The number of nitrogens with one attached hydrogen (secondary N) is 1. The summed E-state index contributed by atoms with van der Waals surface area (Å²) in [7, 11) is 0. The van der Waals surface area contributed by atoms with E-state index >= 15 is 0 Å². The van der Waals surface area contributed by atoms with Gasteiger partial charge in [0.25, 0.3) is 0 Å². The number of benzene rings is 1. The number of thioether (sulfide) groups is 1. The van der Waals surface area contributed by atoms with Crippen LogP contribution in [0.5, 0.6) is 0 Å². The Kier molecular flexibility index (Phi) is 4.50. The van der Waals surface area contributed by atoms with Crippen LogP contribution >= 0.6 is 11.8 Å². The van der Waals surface area contributed by atoms with Crippen molar-refractivity contribution in [1.29, 1.82) is 0 Å². The van der Waals surface area contributed by atoms with E-state index in [1.54, 1.807) is 16.7 Å². The van der Waals surface area contributed by atoms with Crippen LogP contribution in [0.3, 0.4) is 0 Å². The topological polar surface area (TPSA) is 52.7 Å². The summed E-state index contributed by atoms with van der Waals surface area (Å²) in [6.45, 7) is 2.36. The quantitative estimate of drug-likeness (QED) is 0.909. The molecule has 3 heterocycles. The van der Waals surface area contributed by atoms with E-state index in [9.17, 15) is 9.59 Å². The summed E-state index contributed by atoms with van der Waals surface area (Å²) < 4.78 is 0. The fourth-order valence-corrected chi connectivity index (χ4v) is 5.07. The number of carbonyl (C=O) groups is 2. The highest BCUT2D eigenvalue weighted by Gasteiger charge is 2.36. The zero-order chi connectivity index (χ0) is 16.5. The number of anilines is 1. The summed E-state index contributed by atoms with van der Waals surface area (Å²) in [6.07, 6.45) is 4.72. The van der Waals surface area contributed by atoms with Gasteiger partial charge in [-0.15, -0.1) is 11.8 Å². The Balaban J connectivity index is 1.42. The van der Waals surface area contributed by atoms with Crippen LogP contribution in [-0.4, -0.2) is 54.2 Å². The Bertz CT molecular complexity index is 651. The SMILES string of the molecule is O=C(CN1C(=O)CSc2ccccc21)N[C@@H]1CCN2CCCC[C@H]12. The van der Waals surface area contributed by atoms with Gasteiger partial charge in [0, 0.05) is 23.5 Å². The van der Waals surface area contributed by atoms with Crippen molar-refractivity contribution in [3.8, 4) is 0 Å². The highest BCUT2D eigenvalue weighted by molar-refractivity contribution is 8.00. The van der Waals surface area contributed by atoms with E-state index in [1.807, 2.05) is 24.3 Å². The Morgan fingerprint density at radius 3 is 3.00 bits per heavy atom. The second-order valence-corrected chi connectivity index (χ2v) is 7.82. The van der Waals surface area contributed by atoms with Crippen molar-refractivity contribution < 1.29 is 9.59 Å². The van der Waals surface area contributed by atoms with E-state index < -0.39 is 0 Å². The third-order valence-corrected chi connectivity index (χ3v) is 6.36. The third kappa shape index (κ3) is 3.05. The number of hydrogen-bond donors (Lipinski definition) is 1.